The first-order valence-corrected chi connectivity index (χ1v) is 12.2. The van der Waals surface area contributed by atoms with Crippen molar-refractivity contribution in [2.75, 3.05) is 11.4 Å². The van der Waals surface area contributed by atoms with Gasteiger partial charge in [0, 0.05) is 6.04 Å². The predicted octanol–water partition coefficient (Wildman–Crippen LogP) is 5.04. The Kier molecular flexibility index (Phi) is 5.18. The Morgan fingerprint density at radius 2 is 1.77 bits per heavy atom. The molecule has 2 aromatic carbocycles. The Morgan fingerprint density at radius 3 is 2.49 bits per heavy atom. The maximum atomic E-state index is 13.9. The van der Waals surface area contributed by atoms with Gasteiger partial charge in [0.1, 0.15) is 17.2 Å². The van der Waals surface area contributed by atoms with Crippen molar-refractivity contribution in [1.82, 2.24) is 20.1 Å². The van der Waals surface area contributed by atoms with Gasteiger partial charge >= 0.3 is 0 Å². The molecule has 1 N–H and O–H groups in total. The van der Waals surface area contributed by atoms with Crippen molar-refractivity contribution in [3.05, 3.63) is 84.3 Å². The summed E-state index contributed by atoms with van der Waals surface area (Å²) in [5.41, 5.74) is 2.72. The third-order valence-corrected chi connectivity index (χ3v) is 7.34. The molecule has 1 saturated heterocycles. The number of pyridine rings is 1. The highest BCUT2D eigenvalue weighted by Gasteiger charge is 2.55. The van der Waals surface area contributed by atoms with Gasteiger partial charge in [0.2, 0.25) is 5.91 Å². The van der Waals surface area contributed by atoms with Crippen molar-refractivity contribution in [2.24, 2.45) is 11.3 Å². The lowest BCUT2D eigenvalue weighted by Crippen LogP contribution is -2.44. The first-order valence-electron chi connectivity index (χ1n) is 12.2. The zero-order valence-corrected chi connectivity index (χ0v) is 19.9. The second-order valence-electron chi connectivity index (χ2n) is 10.2. The van der Waals surface area contributed by atoms with Crippen LogP contribution in [0, 0.1) is 17.2 Å². The number of amides is 1. The number of carbonyl (C=O) groups is 1. The molecule has 0 radical (unpaired) electrons. The van der Waals surface area contributed by atoms with E-state index in [1.165, 1.54) is 25.0 Å². The van der Waals surface area contributed by atoms with E-state index in [4.69, 9.17) is 4.98 Å². The van der Waals surface area contributed by atoms with Crippen molar-refractivity contribution in [3.63, 3.8) is 0 Å². The minimum absolute atomic E-state index is 0.0440. The SMILES string of the molecule is CC1(C)C(=O)N(c2ccc3c(cnn3-c3ccc(F)cc3)n2)C(c2ccccc2)[C@H]1NCC1CC1. The number of fused-ring (bicyclic) bond motifs is 1. The summed E-state index contributed by atoms with van der Waals surface area (Å²) in [6.07, 6.45) is 4.20. The van der Waals surface area contributed by atoms with E-state index in [0.717, 1.165) is 23.3 Å². The molecule has 1 saturated carbocycles. The third-order valence-electron chi connectivity index (χ3n) is 7.34. The highest BCUT2D eigenvalue weighted by Crippen LogP contribution is 2.46. The Bertz CT molecular complexity index is 1380. The molecular weight excluding hydrogens is 441 g/mol. The maximum absolute atomic E-state index is 13.9. The molecule has 6 rings (SSSR count). The average molecular weight is 470 g/mol. The third kappa shape index (κ3) is 3.80. The number of rotatable bonds is 6. The van der Waals surface area contributed by atoms with E-state index in [9.17, 15) is 9.18 Å². The predicted molar refractivity (Wildman–Crippen MR) is 134 cm³/mol. The van der Waals surface area contributed by atoms with Gasteiger partial charge in [0.05, 0.1) is 28.9 Å². The van der Waals surface area contributed by atoms with Crippen LogP contribution < -0.4 is 10.2 Å². The fourth-order valence-electron chi connectivity index (χ4n) is 5.16. The van der Waals surface area contributed by atoms with E-state index in [1.807, 2.05) is 49.1 Å². The van der Waals surface area contributed by atoms with Crippen LogP contribution in [-0.2, 0) is 4.79 Å². The summed E-state index contributed by atoms with van der Waals surface area (Å²) in [5.74, 6) is 1.08. The lowest BCUT2D eigenvalue weighted by Gasteiger charge is -2.30. The second kappa shape index (κ2) is 8.27. The van der Waals surface area contributed by atoms with Gasteiger partial charge in [0.25, 0.3) is 0 Å². The van der Waals surface area contributed by atoms with E-state index in [1.54, 1.807) is 23.0 Å². The number of benzene rings is 2. The zero-order valence-electron chi connectivity index (χ0n) is 19.9. The molecule has 2 atom stereocenters. The number of nitrogens with one attached hydrogen (secondary N) is 1. The van der Waals surface area contributed by atoms with Gasteiger partial charge in [-0.2, -0.15) is 5.10 Å². The van der Waals surface area contributed by atoms with Crippen molar-refractivity contribution in [2.45, 2.75) is 38.8 Å². The lowest BCUT2D eigenvalue weighted by molar-refractivity contribution is -0.124. The largest absolute Gasteiger partial charge is 0.310 e. The van der Waals surface area contributed by atoms with Crippen LogP contribution in [0.2, 0.25) is 0 Å². The molecule has 0 spiro atoms. The first-order chi connectivity index (χ1) is 16.9. The number of aromatic nitrogens is 3. The van der Waals surface area contributed by atoms with Crippen molar-refractivity contribution in [3.8, 4) is 5.69 Å². The molecule has 4 aromatic rings. The molecule has 178 valence electrons. The monoisotopic (exact) mass is 469 g/mol. The van der Waals surface area contributed by atoms with Crippen LogP contribution in [-0.4, -0.2) is 33.3 Å². The normalized spacial score (nSPS) is 21.7. The van der Waals surface area contributed by atoms with Crippen LogP contribution in [0.5, 0.6) is 0 Å². The van der Waals surface area contributed by atoms with Crippen LogP contribution in [0.25, 0.3) is 16.7 Å². The van der Waals surface area contributed by atoms with Crippen LogP contribution in [0.1, 0.15) is 38.3 Å². The van der Waals surface area contributed by atoms with E-state index >= 15 is 0 Å². The van der Waals surface area contributed by atoms with E-state index in [-0.39, 0.29) is 23.8 Å². The molecular formula is C28H28FN5O. The quantitative estimate of drug-likeness (QED) is 0.430. The van der Waals surface area contributed by atoms with Gasteiger partial charge in [-0.05, 0) is 81.1 Å². The number of halogens is 1. The minimum Gasteiger partial charge on any atom is -0.310 e. The molecule has 2 aromatic heterocycles. The summed E-state index contributed by atoms with van der Waals surface area (Å²) >= 11 is 0. The van der Waals surface area contributed by atoms with Gasteiger partial charge in [0.15, 0.2) is 0 Å². The molecule has 35 heavy (non-hydrogen) atoms. The maximum Gasteiger partial charge on any atom is 0.236 e. The molecule has 1 amide bonds. The topological polar surface area (TPSA) is 63.1 Å². The number of anilines is 1. The molecule has 0 bridgehead atoms. The Balaban J connectivity index is 1.42. The molecule has 6 nitrogen and oxygen atoms in total. The average Bonchev–Trinajstić information content (AvgIpc) is 3.56. The number of hydrogen-bond donors (Lipinski definition) is 1. The Labute approximate surface area is 203 Å². The fourth-order valence-corrected chi connectivity index (χ4v) is 5.16. The standard InChI is InChI=1S/C28H28FN5O/c1-28(2)26(30-16-18-8-9-18)25(19-6-4-3-5-7-19)33(27(28)35)24-15-14-23-22(32-24)17-31-34(23)21-12-10-20(29)11-13-21/h3-7,10-15,17-18,25-26,30H,8-9,16H2,1-2H3/t25?,26-/m1/s1. The summed E-state index contributed by atoms with van der Waals surface area (Å²) in [4.78, 5) is 20.6. The molecule has 1 aliphatic heterocycles. The fraction of sp³-hybridized carbons (Fsp3) is 0.321. The summed E-state index contributed by atoms with van der Waals surface area (Å²) in [5, 5.41) is 8.22. The highest BCUT2D eigenvalue weighted by molar-refractivity contribution is 6.01. The smallest absolute Gasteiger partial charge is 0.236 e. The molecule has 7 heteroatoms. The van der Waals surface area contributed by atoms with Gasteiger partial charge < -0.3 is 5.32 Å². The van der Waals surface area contributed by atoms with Crippen LogP contribution in [0.15, 0.2) is 72.9 Å². The lowest BCUT2D eigenvalue weighted by atomic mass is 9.82. The van der Waals surface area contributed by atoms with Crippen LogP contribution >= 0.6 is 0 Å². The molecule has 3 heterocycles. The van der Waals surface area contributed by atoms with Crippen molar-refractivity contribution < 1.29 is 9.18 Å². The number of nitrogens with zero attached hydrogens (tertiary/aromatic N) is 4. The zero-order chi connectivity index (χ0) is 24.2. The number of hydrogen-bond acceptors (Lipinski definition) is 4. The van der Waals surface area contributed by atoms with Crippen molar-refractivity contribution in [1.29, 1.82) is 0 Å². The second-order valence-corrected chi connectivity index (χ2v) is 10.2. The van der Waals surface area contributed by atoms with Crippen molar-refractivity contribution >= 4 is 22.8 Å². The Morgan fingerprint density at radius 1 is 1.03 bits per heavy atom. The summed E-state index contributed by atoms with van der Waals surface area (Å²) < 4.78 is 15.1. The molecule has 1 aliphatic carbocycles. The van der Waals surface area contributed by atoms with E-state index in [2.05, 4.69) is 22.5 Å². The summed E-state index contributed by atoms with van der Waals surface area (Å²) in [6.45, 7) is 4.98. The van der Waals surface area contributed by atoms with Gasteiger partial charge in [-0.25, -0.2) is 14.1 Å². The molecule has 1 unspecified atom stereocenters. The first kappa shape index (κ1) is 21.9. The van der Waals surface area contributed by atoms with Gasteiger partial charge in [-0.15, -0.1) is 0 Å². The molecule has 2 aliphatic rings. The summed E-state index contributed by atoms with van der Waals surface area (Å²) in [6, 6.07) is 20.0. The highest BCUT2D eigenvalue weighted by atomic mass is 19.1. The number of carbonyl (C=O) groups excluding carboxylic acids is 1. The minimum atomic E-state index is -0.593. The van der Waals surface area contributed by atoms with E-state index < -0.39 is 5.41 Å². The van der Waals surface area contributed by atoms with Gasteiger partial charge in [-0.3, -0.25) is 9.69 Å². The van der Waals surface area contributed by atoms with E-state index in [0.29, 0.717) is 17.3 Å². The van der Waals surface area contributed by atoms with Gasteiger partial charge in [-0.1, -0.05) is 30.3 Å². The summed E-state index contributed by atoms with van der Waals surface area (Å²) in [7, 11) is 0. The van der Waals surface area contributed by atoms with Crippen LogP contribution in [0.3, 0.4) is 0 Å². The molecule has 2 fully saturated rings. The Hall–Kier alpha value is -3.58. The van der Waals surface area contributed by atoms with Crippen LogP contribution in [0.4, 0.5) is 10.2 Å².